The molecule has 1 fully saturated rings. The molecule has 1 aromatic carbocycles. The molecule has 0 atom stereocenters. The van der Waals surface area contributed by atoms with E-state index in [1.165, 1.54) is 5.56 Å². The van der Waals surface area contributed by atoms with Crippen LogP contribution in [0.15, 0.2) is 29.1 Å². The highest BCUT2D eigenvalue weighted by Crippen LogP contribution is 2.14. The van der Waals surface area contributed by atoms with Crippen LogP contribution >= 0.6 is 0 Å². The van der Waals surface area contributed by atoms with E-state index in [4.69, 9.17) is 4.74 Å². The zero-order valence-corrected chi connectivity index (χ0v) is 17.5. The number of anilines is 1. The van der Waals surface area contributed by atoms with Crippen molar-refractivity contribution in [2.45, 2.75) is 40.2 Å². The number of hydrogen-bond donors (Lipinski definition) is 1. The van der Waals surface area contributed by atoms with E-state index in [9.17, 15) is 9.59 Å². The standard InChI is InChI=1S/C22H30N4O3/c1-4-25(15-18-8-6-5-7-16(18)2)20(27)10-9-19-17(3)23-22(24-21(19)28)26-11-13-29-14-12-26/h5-8H,4,9-15H2,1-3H3,(H,23,24,28). The van der Waals surface area contributed by atoms with Gasteiger partial charge >= 0.3 is 0 Å². The summed E-state index contributed by atoms with van der Waals surface area (Å²) in [5.74, 6) is 0.632. The Morgan fingerprint density at radius 2 is 1.97 bits per heavy atom. The van der Waals surface area contributed by atoms with Gasteiger partial charge in [-0.3, -0.25) is 14.6 Å². The molecule has 2 aromatic rings. The van der Waals surface area contributed by atoms with E-state index in [2.05, 4.69) is 29.0 Å². The summed E-state index contributed by atoms with van der Waals surface area (Å²) in [4.78, 5) is 36.7. The van der Waals surface area contributed by atoms with Crippen molar-refractivity contribution in [1.29, 1.82) is 0 Å². The first-order valence-electron chi connectivity index (χ1n) is 10.2. The molecule has 1 saturated heterocycles. The molecule has 0 bridgehead atoms. The SMILES string of the molecule is CCN(Cc1ccccc1C)C(=O)CCc1c(C)nc(N2CCOCC2)[nH]c1=O. The van der Waals surface area contributed by atoms with E-state index in [0.29, 0.717) is 69.4 Å². The van der Waals surface area contributed by atoms with Crippen molar-refractivity contribution in [3.63, 3.8) is 0 Å². The van der Waals surface area contributed by atoms with E-state index < -0.39 is 0 Å². The Bertz CT molecular complexity index is 903. The lowest BCUT2D eigenvalue weighted by Gasteiger charge is -2.27. The Balaban J connectivity index is 1.65. The van der Waals surface area contributed by atoms with E-state index in [0.717, 1.165) is 5.56 Å². The molecule has 1 N–H and O–H groups in total. The summed E-state index contributed by atoms with van der Waals surface area (Å²) in [5, 5.41) is 0. The molecule has 0 radical (unpaired) electrons. The minimum absolute atomic E-state index is 0.0480. The Kier molecular flexibility index (Phi) is 7.04. The number of morpholine rings is 1. The predicted octanol–water partition coefficient (Wildman–Crippen LogP) is 2.20. The van der Waals surface area contributed by atoms with Crippen LogP contribution in [-0.4, -0.2) is 53.6 Å². The monoisotopic (exact) mass is 398 g/mol. The average molecular weight is 399 g/mol. The second-order valence-corrected chi connectivity index (χ2v) is 7.39. The van der Waals surface area contributed by atoms with Gasteiger partial charge in [0.25, 0.3) is 5.56 Å². The third-order valence-electron chi connectivity index (χ3n) is 5.47. The van der Waals surface area contributed by atoms with Crippen LogP contribution in [0.5, 0.6) is 0 Å². The predicted molar refractivity (Wildman–Crippen MR) is 113 cm³/mol. The number of nitrogens with zero attached hydrogens (tertiary/aromatic N) is 3. The lowest BCUT2D eigenvalue weighted by molar-refractivity contribution is -0.131. The molecule has 0 unspecified atom stereocenters. The number of carbonyl (C=O) groups is 1. The summed E-state index contributed by atoms with van der Waals surface area (Å²) in [6, 6.07) is 8.09. The number of rotatable bonds is 7. The number of carbonyl (C=O) groups excluding carboxylic acids is 1. The quantitative estimate of drug-likeness (QED) is 0.774. The molecule has 0 spiro atoms. The number of benzene rings is 1. The lowest BCUT2D eigenvalue weighted by Crippen LogP contribution is -2.38. The maximum atomic E-state index is 12.8. The van der Waals surface area contributed by atoms with Gasteiger partial charge in [-0.2, -0.15) is 0 Å². The third-order valence-corrected chi connectivity index (χ3v) is 5.47. The normalized spacial score (nSPS) is 14.1. The van der Waals surface area contributed by atoms with E-state index in [1.807, 2.05) is 35.8 Å². The van der Waals surface area contributed by atoms with E-state index in [-0.39, 0.29) is 11.5 Å². The first kappa shape index (κ1) is 21.0. The molecule has 2 heterocycles. The molecular weight excluding hydrogens is 368 g/mol. The summed E-state index contributed by atoms with van der Waals surface area (Å²) in [6.45, 7) is 9.78. The highest BCUT2D eigenvalue weighted by molar-refractivity contribution is 5.76. The summed E-state index contributed by atoms with van der Waals surface area (Å²) < 4.78 is 5.35. The highest BCUT2D eigenvalue weighted by atomic mass is 16.5. The van der Waals surface area contributed by atoms with Crippen molar-refractivity contribution in [1.82, 2.24) is 14.9 Å². The van der Waals surface area contributed by atoms with Gasteiger partial charge in [-0.25, -0.2) is 4.98 Å². The molecule has 7 nitrogen and oxygen atoms in total. The maximum absolute atomic E-state index is 12.8. The highest BCUT2D eigenvalue weighted by Gasteiger charge is 2.18. The molecule has 0 aliphatic carbocycles. The van der Waals surface area contributed by atoms with Crippen molar-refractivity contribution in [2.75, 3.05) is 37.7 Å². The number of H-pyrrole nitrogens is 1. The summed E-state index contributed by atoms with van der Waals surface area (Å²) >= 11 is 0. The van der Waals surface area contributed by atoms with Crippen LogP contribution in [-0.2, 0) is 22.5 Å². The Labute approximate surface area is 171 Å². The van der Waals surface area contributed by atoms with Crippen LogP contribution in [0.4, 0.5) is 5.95 Å². The second-order valence-electron chi connectivity index (χ2n) is 7.39. The van der Waals surface area contributed by atoms with Gasteiger partial charge in [-0.15, -0.1) is 0 Å². The van der Waals surface area contributed by atoms with Gasteiger partial charge < -0.3 is 14.5 Å². The van der Waals surface area contributed by atoms with Crippen molar-refractivity contribution >= 4 is 11.9 Å². The Morgan fingerprint density at radius 1 is 1.24 bits per heavy atom. The Hall–Kier alpha value is -2.67. The molecule has 1 aliphatic heterocycles. The number of aromatic nitrogens is 2. The molecule has 29 heavy (non-hydrogen) atoms. The van der Waals surface area contributed by atoms with Crippen molar-refractivity contribution < 1.29 is 9.53 Å². The van der Waals surface area contributed by atoms with Gasteiger partial charge in [0.1, 0.15) is 0 Å². The van der Waals surface area contributed by atoms with Gasteiger partial charge in [0.2, 0.25) is 11.9 Å². The van der Waals surface area contributed by atoms with Crippen molar-refractivity contribution in [3.05, 3.63) is 57.0 Å². The summed E-state index contributed by atoms with van der Waals surface area (Å²) in [5.41, 5.74) is 3.43. The van der Waals surface area contributed by atoms with Crippen molar-refractivity contribution in [2.24, 2.45) is 0 Å². The van der Waals surface area contributed by atoms with Crippen molar-refractivity contribution in [3.8, 4) is 0 Å². The molecule has 0 saturated carbocycles. The van der Waals surface area contributed by atoms with Crippen LogP contribution in [0.2, 0.25) is 0 Å². The summed E-state index contributed by atoms with van der Waals surface area (Å²) in [6.07, 6.45) is 0.683. The average Bonchev–Trinajstić information content (AvgIpc) is 2.73. The minimum atomic E-state index is -0.159. The first-order chi connectivity index (χ1) is 14.0. The van der Waals surface area contributed by atoms with Crippen LogP contribution in [0, 0.1) is 13.8 Å². The molecule has 7 heteroatoms. The molecule has 1 amide bonds. The fraction of sp³-hybridized carbons (Fsp3) is 0.500. The fourth-order valence-electron chi connectivity index (χ4n) is 3.57. The van der Waals surface area contributed by atoms with Gasteiger partial charge in [-0.1, -0.05) is 24.3 Å². The number of aromatic amines is 1. The van der Waals surface area contributed by atoms with Crippen LogP contribution in [0.3, 0.4) is 0 Å². The second kappa shape index (κ2) is 9.69. The number of hydrogen-bond acceptors (Lipinski definition) is 5. The number of ether oxygens (including phenoxy) is 1. The van der Waals surface area contributed by atoms with Gasteiger partial charge in [0, 0.05) is 43.9 Å². The minimum Gasteiger partial charge on any atom is -0.378 e. The van der Waals surface area contributed by atoms with E-state index in [1.54, 1.807) is 0 Å². The lowest BCUT2D eigenvalue weighted by atomic mass is 10.1. The molecule has 1 aliphatic rings. The number of nitrogens with one attached hydrogen (secondary N) is 1. The molecule has 156 valence electrons. The zero-order chi connectivity index (χ0) is 20.8. The molecular formula is C22H30N4O3. The topological polar surface area (TPSA) is 78.5 Å². The summed E-state index contributed by atoms with van der Waals surface area (Å²) in [7, 11) is 0. The molecule has 3 rings (SSSR count). The maximum Gasteiger partial charge on any atom is 0.255 e. The van der Waals surface area contributed by atoms with Gasteiger partial charge in [-0.05, 0) is 38.3 Å². The smallest absolute Gasteiger partial charge is 0.255 e. The first-order valence-corrected chi connectivity index (χ1v) is 10.2. The van der Waals surface area contributed by atoms with Gasteiger partial charge in [0.05, 0.1) is 13.2 Å². The zero-order valence-electron chi connectivity index (χ0n) is 17.5. The fourth-order valence-corrected chi connectivity index (χ4v) is 3.57. The number of amides is 1. The molecule has 1 aromatic heterocycles. The van der Waals surface area contributed by atoms with Crippen LogP contribution < -0.4 is 10.5 Å². The van der Waals surface area contributed by atoms with E-state index >= 15 is 0 Å². The van der Waals surface area contributed by atoms with Crippen LogP contribution in [0.1, 0.15) is 35.7 Å². The van der Waals surface area contributed by atoms with Gasteiger partial charge in [0.15, 0.2) is 0 Å². The van der Waals surface area contributed by atoms with Crippen LogP contribution in [0.25, 0.3) is 0 Å². The third kappa shape index (κ3) is 5.23. The Morgan fingerprint density at radius 3 is 2.62 bits per heavy atom. The number of aryl methyl sites for hydroxylation is 2. The largest absolute Gasteiger partial charge is 0.378 e.